The molecular weight excluding hydrogens is 306 g/mol. The molecule has 1 heterocycles. The Balaban J connectivity index is 2.15. The van der Waals surface area contributed by atoms with Crippen molar-refractivity contribution in [1.82, 2.24) is 4.90 Å². The minimum Gasteiger partial charge on any atom is -0.480 e. The fourth-order valence-corrected chi connectivity index (χ4v) is 3.11. The zero-order chi connectivity index (χ0) is 17.9. The number of nitrogens with zero attached hydrogens (tertiary/aromatic N) is 1. The highest BCUT2D eigenvalue weighted by Crippen LogP contribution is 2.25. The number of carbonyl (C=O) groups is 3. The summed E-state index contributed by atoms with van der Waals surface area (Å²) in [5, 5.41) is 9.33. The highest BCUT2D eigenvalue weighted by Gasteiger charge is 2.34. The zero-order valence-corrected chi connectivity index (χ0v) is 14.5. The van der Waals surface area contributed by atoms with Crippen LogP contribution in [0.25, 0.3) is 0 Å². The van der Waals surface area contributed by atoms with Crippen LogP contribution in [0, 0.1) is 5.92 Å². The summed E-state index contributed by atoms with van der Waals surface area (Å²) < 4.78 is 0. The van der Waals surface area contributed by atoms with Crippen molar-refractivity contribution in [2.24, 2.45) is 5.92 Å². The number of rotatable bonds is 5. The van der Waals surface area contributed by atoms with Gasteiger partial charge in [-0.25, -0.2) is 4.79 Å². The first-order valence-corrected chi connectivity index (χ1v) is 8.50. The number of ketones is 1. The number of carbonyl (C=O) groups excluding carboxylic acids is 2. The van der Waals surface area contributed by atoms with Crippen LogP contribution in [0.15, 0.2) is 24.3 Å². The van der Waals surface area contributed by atoms with E-state index < -0.39 is 17.9 Å². The minimum atomic E-state index is -0.937. The summed E-state index contributed by atoms with van der Waals surface area (Å²) in [4.78, 5) is 37.6. The number of piperidine rings is 1. The van der Waals surface area contributed by atoms with Crippen LogP contribution in [0.2, 0.25) is 0 Å². The molecule has 1 aromatic rings. The van der Waals surface area contributed by atoms with Crippen LogP contribution >= 0.6 is 0 Å². The summed E-state index contributed by atoms with van der Waals surface area (Å²) >= 11 is 0. The predicted molar refractivity (Wildman–Crippen MR) is 91.0 cm³/mol. The molecule has 1 saturated heterocycles. The van der Waals surface area contributed by atoms with E-state index in [9.17, 15) is 19.5 Å². The van der Waals surface area contributed by atoms with Gasteiger partial charge < -0.3 is 10.0 Å². The Morgan fingerprint density at radius 3 is 2.25 bits per heavy atom. The lowest BCUT2D eigenvalue weighted by molar-refractivity contribution is -0.152. The van der Waals surface area contributed by atoms with E-state index in [1.807, 2.05) is 13.8 Å². The third-order valence-corrected chi connectivity index (χ3v) is 4.66. The molecule has 0 spiro atoms. The number of carboxylic acids is 1. The molecule has 5 heteroatoms. The van der Waals surface area contributed by atoms with Crippen molar-refractivity contribution < 1.29 is 19.5 Å². The van der Waals surface area contributed by atoms with Crippen LogP contribution < -0.4 is 0 Å². The molecule has 1 aliphatic rings. The van der Waals surface area contributed by atoms with Crippen molar-refractivity contribution in [3.8, 4) is 0 Å². The Bertz CT molecular complexity index is 621. The smallest absolute Gasteiger partial charge is 0.326 e. The molecule has 130 valence electrons. The number of hydrogen-bond acceptors (Lipinski definition) is 3. The number of likely N-dealkylation sites (tertiary alicyclic amines) is 1. The molecule has 1 amide bonds. The second-order valence-electron chi connectivity index (χ2n) is 6.74. The third-order valence-electron chi connectivity index (χ3n) is 4.66. The number of aliphatic carboxylic acids is 1. The van der Waals surface area contributed by atoms with Crippen molar-refractivity contribution in [3.63, 3.8) is 0 Å². The normalized spacial score (nSPS) is 19.2. The van der Waals surface area contributed by atoms with Gasteiger partial charge in [0.2, 0.25) is 5.91 Å². The van der Waals surface area contributed by atoms with E-state index in [1.54, 1.807) is 31.2 Å². The van der Waals surface area contributed by atoms with Gasteiger partial charge in [0.05, 0.1) is 5.92 Å². The van der Waals surface area contributed by atoms with Crippen LogP contribution in [-0.4, -0.2) is 40.3 Å². The van der Waals surface area contributed by atoms with Gasteiger partial charge in [0.15, 0.2) is 5.78 Å². The Kier molecular flexibility index (Phi) is 5.75. The van der Waals surface area contributed by atoms with Gasteiger partial charge >= 0.3 is 5.97 Å². The highest BCUT2D eigenvalue weighted by molar-refractivity contribution is 5.97. The Morgan fingerprint density at radius 1 is 1.08 bits per heavy atom. The Morgan fingerprint density at radius 2 is 1.71 bits per heavy atom. The summed E-state index contributed by atoms with van der Waals surface area (Å²) in [5.74, 6) is -1.52. The molecule has 0 aliphatic carbocycles. The Hall–Kier alpha value is -2.17. The summed E-state index contributed by atoms with van der Waals surface area (Å²) in [6, 6.07) is 6.34. The predicted octanol–water partition coefficient (Wildman–Crippen LogP) is 3.09. The van der Waals surface area contributed by atoms with Crippen LogP contribution in [-0.2, 0) is 9.59 Å². The minimum absolute atomic E-state index is 0.0698. The molecule has 0 aromatic heterocycles. The molecule has 0 radical (unpaired) electrons. The van der Waals surface area contributed by atoms with E-state index in [2.05, 4.69) is 0 Å². The molecule has 0 bridgehead atoms. The molecule has 1 aliphatic heterocycles. The average molecular weight is 331 g/mol. The molecule has 1 fully saturated rings. The van der Waals surface area contributed by atoms with Crippen LogP contribution in [0.5, 0.6) is 0 Å². The highest BCUT2D eigenvalue weighted by atomic mass is 16.4. The quantitative estimate of drug-likeness (QED) is 0.841. The molecule has 2 unspecified atom stereocenters. The van der Waals surface area contributed by atoms with Crippen LogP contribution in [0.1, 0.15) is 61.9 Å². The third kappa shape index (κ3) is 3.83. The number of hydrogen-bond donors (Lipinski definition) is 1. The molecule has 5 nitrogen and oxygen atoms in total. The molecular formula is C19H25NO4. The SMILES string of the molecule is CC(C)C(=O)c1ccc(C(C)C(=O)N2CCCCC2C(=O)O)cc1. The fourth-order valence-electron chi connectivity index (χ4n) is 3.11. The van der Waals surface area contributed by atoms with Gasteiger partial charge in [-0.1, -0.05) is 38.1 Å². The maximum Gasteiger partial charge on any atom is 0.326 e. The van der Waals surface area contributed by atoms with Crippen LogP contribution in [0.3, 0.4) is 0 Å². The summed E-state index contributed by atoms with van der Waals surface area (Å²) in [6.07, 6.45) is 2.18. The first-order chi connectivity index (χ1) is 11.3. The lowest BCUT2D eigenvalue weighted by Gasteiger charge is -2.34. The van der Waals surface area contributed by atoms with E-state index >= 15 is 0 Å². The van der Waals surface area contributed by atoms with E-state index in [0.717, 1.165) is 18.4 Å². The fraction of sp³-hybridized carbons (Fsp3) is 0.526. The molecule has 2 rings (SSSR count). The molecule has 0 saturated carbocycles. The monoisotopic (exact) mass is 331 g/mol. The van der Waals surface area contributed by atoms with Crippen molar-refractivity contribution in [3.05, 3.63) is 35.4 Å². The molecule has 1 aromatic carbocycles. The lowest BCUT2D eigenvalue weighted by atomic mass is 9.93. The van der Waals surface area contributed by atoms with Crippen LogP contribution in [0.4, 0.5) is 0 Å². The first-order valence-electron chi connectivity index (χ1n) is 8.50. The van der Waals surface area contributed by atoms with E-state index in [-0.39, 0.29) is 17.6 Å². The second-order valence-corrected chi connectivity index (χ2v) is 6.74. The van der Waals surface area contributed by atoms with Gasteiger partial charge in [0.1, 0.15) is 6.04 Å². The van der Waals surface area contributed by atoms with Gasteiger partial charge in [0, 0.05) is 18.0 Å². The zero-order valence-electron chi connectivity index (χ0n) is 14.5. The largest absolute Gasteiger partial charge is 0.480 e. The van der Waals surface area contributed by atoms with Gasteiger partial charge in [-0.05, 0) is 31.7 Å². The summed E-state index contributed by atoms with van der Waals surface area (Å²) in [6.45, 7) is 5.98. The number of benzene rings is 1. The Labute approximate surface area is 142 Å². The van der Waals surface area contributed by atoms with Crippen molar-refractivity contribution in [2.75, 3.05) is 6.54 Å². The van der Waals surface area contributed by atoms with Gasteiger partial charge in [0.25, 0.3) is 0 Å². The number of amides is 1. The maximum atomic E-state index is 12.7. The van der Waals surface area contributed by atoms with Gasteiger partial charge in [-0.3, -0.25) is 9.59 Å². The van der Waals surface area contributed by atoms with E-state index in [0.29, 0.717) is 18.5 Å². The first kappa shape index (κ1) is 18.2. The lowest BCUT2D eigenvalue weighted by Crippen LogP contribution is -2.49. The number of carboxylic acid groups (broad SMARTS) is 1. The van der Waals surface area contributed by atoms with Crippen molar-refractivity contribution >= 4 is 17.7 Å². The van der Waals surface area contributed by atoms with Crippen molar-refractivity contribution in [1.29, 1.82) is 0 Å². The van der Waals surface area contributed by atoms with Crippen molar-refractivity contribution in [2.45, 2.75) is 52.0 Å². The molecule has 24 heavy (non-hydrogen) atoms. The summed E-state index contributed by atoms with van der Waals surface area (Å²) in [5.41, 5.74) is 1.44. The maximum absolute atomic E-state index is 12.7. The standard InChI is InChI=1S/C19H25NO4/c1-12(2)17(21)15-9-7-14(8-10-15)13(3)18(22)20-11-5-4-6-16(20)19(23)24/h7-10,12-13,16H,4-6,11H2,1-3H3,(H,23,24). The second kappa shape index (κ2) is 7.60. The van der Waals surface area contributed by atoms with Gasteiger partial charge in [-0.15, -0.1) is 0 Å². The average Bonchev–Trinajstić information content (AvgIpc) is 2.59. The van der Waals surface area contributed by atoms with E-state index in [1.165, 1.54) is 4.90 Å². The number of Topliss-reactive ketones (excluding diaryl/α,β-unsaturated/α-hetero) is 1. The topological polar surface area (TPSA) is 74.7 Å². The molecule has 1 N–H and O–H groups in total. The van der Waals surface area contributed by atoms with Gasteiger partial charge in [-0.2, -0.15) is 0 Å². The van der Waals surface area contributed by atoms with E-state index in [4.69, 9.17) is 0 Å². The summed E-state index contributed by atoms with van der Waals surface area (Å²) in [7, 11) is 0. The molecule has 2 atom stereocenters.